The van der Waals surface area contributed by atoms with E-state index >= 15 is 0 Å². The van der Waals surface area contributed by atoms with Gasteiger partial charge in [-0.15, -0.1) is 0 Å². The molecule has 2 fully saturated rings. The Balaban J connectivity index is 1.50. The summed E-state index contributed by atoms with van der Waals surface area (Å²) in [6.07, 6.45) is 4.33. The summed E-state index contributed by atoms with van der Waals surface area (Å²) in [4.78, 5) is 6.79. The van der Waals surface area contributed by atoms with E-state index in [1.807, 2.05) is 31.2 Å². The van der Waals surface area contributed by atoms with Gasteiger partial charge in [0, 0.05) is 12.0 Å². The summed E-state index contributed by atoms with van der Waals surface area (Å²) in [7, 11) is 1.64. The summed E-state index contributed by atoms with van der Waals surface area (Å²) < 4.78 is 10.6. The van der Waals surface area contributed by atoms with Crippen LogP contribution < -0.4 is 4.74 Å². The number of aliphatic hydroxyl groups is 1. The molecule has 4 rings (SSSR count). The third kappa shape index (κ3) is 3.28. The van der Waals surface area contributed by atoms with Crippen molar-refractivity contribution in [3.8, 4) is 5.75 Å². The summed E-state index contributed by atoms with van der Waals surface area (Å²) >= 11 is 0. The van der Waals surface area contributed by atoms with Crippen LogP contribution in [-0.4, -0.2) is 39.8 Å². The smallest absolute Gasteiger partial charge is 0.240 e. The summed E-state index contributed by atoms with van der Waals surface area (Å²) in [6, 6.07) is 7.68. The molecular formula is C19H25N3O3. The molecule has 1 aliphatic heterocycles. The lowest BCUT2D eigenvalue weighted by atomic mass is 9.86. The third-order valence-electron chi connectivity index (χ3n) is 5.45. The van der Waals surface area contributed by atoms with Crippen LogP contribution in [0.4, 0.5) is 0 Å². The van der Waals surface area contributed by atoms with E-state index in [1.165, 1.54) is 0 Å². The van der Waals surface area contributed by atoms with Crippen LogP contribution in [-0.2, 0) is 12.1 Å². The first-order chi connectivity index (χ1) is 12.1. The van der Waals surface area contributed by atoms with Gasteiger partial charge in [-0.25, -0.2) is 0 Å². The van der Waals surface area contributed by atoms with Crippen LogP contribution in [0.2, 0.25) is 0 Å². The molecule has 0 amide bonds. The van der Waals surface area contributed by atoms with Crippen molar-refractivity contribution < 1.29 is 14.4 Å². The van der Waals surface area contributed by atoms with E-state index in [0.717, 1.165) is 49.4 Å². The van der Waals surface area contributed by atoms with E-state index < -0.39 is 5.60 Å². The molecule has 0 radical (unpaired) electrons. The van der Waals surface area contributed by atoms with Gasteiger partial charge in [0.1, 0.15) is 11.4 Å². The Morgan fingerprint density at radius 3 is 2.72 bits per heavy atom. The van der Waals surface area contributed by atoms with Gasteiger partial charge in [0.15, 0.2) is 5.82 Å². The molecule has 6 heteroatoms. The highest BCUT2D eigenvalue weighted by Gasteiger charge is 2.41. The minimum Gasteiger partial charge on any atom is -0.497 e. The molecule has 1 aliphatic carbocycles. The van der Waals surface area contributed by atoms with Crippen molar-refractivity contribution in [2.24, 2.45) is 0 Å². The fraction of sp³-hybridized carbons (Fsp3) is 0.579. The number of benzene rings is 1. The van der Waals surface area contributed by atoms with Gasteiger partial charge in [-0.1, -0.05) is 17.3 Å². The van der Waals surface area contributed by atoms with Crippen molar-refractivity contribution in [1.82, 2.24) is 15.0 Å². The summed E-state index contributed by atoms with van der Waals surface area (Å²) in [5.41, 5.74) is -0.0448. The van der Waals surface area contributed by atoms with Crippen molar-refractivity contribution in [3.05, 3.63) is 41.5 Å². The number of hydrogen-bond donors (Lipinski definition) is 1. The maximum atomic E-state index is 11.3. The molecule has 1 N–H and O–H groups in total. The number of aromatic nitrogens is 2. The fourth-order valence-electron chi connectivity index (χ4n) is 3.79. The highest BCUT2D eigenvalue weighted by molar-refractivity contribution is 5.31. The Labute approximate surface area is 147 Å². The standard InChI is InChI=1S/C19H25N3O3/c1-19(23,14-7-9-15(24-2)10-8-14)16-4-3-11-22(16)12-17-20-18(21-25-17)13-5-6-13/h7-10,13,16,23H,3-6,11-12H2,1-2H3/t16-,19-/m0/s1. The normalized spacial score (nSPS) is 23.6. The third-order valence-corrected chi connectivity index (χ3v) is 5.45. The summed E-state index contributed by atoms with van der Waals surface area (Å²) in [5.74, 6) is 2.78. The van der Waals surface area contributed by atoms with Gasteiger partial charge in [-0.05, 0) is 56.8 Å². The topological polar surface area (TPSA) is 71.6 Å². The maximum Gasteiger partial charge on any atom is 0.240 e. The molecule has 134 valence electrons. The zero-order chi connectivity index (χ0) is 17.4. The number of rotatable bonds is 6. The zero-order valence-electron chi connectivity index (χ0n) is 14.8. The fourth-order valence-corrected chi connectivity index (χ4v) is 3.79. The van der Waals surface area contributed by atoms with Crippen molar-refractivity contribution in [2.45, 2.75) is 56.7 Å². The monoisotopic (exact) mass is 343 g/mol. The molecule has 2 atom stereocenters. The van der Waals surface area contributed by atoms with E-state index in [2.05, 4.69) is 15.0 Å². The highest BCUT2D eigenvalue weighted by Crippen LogP contribution is 2.39. The highest BCUT2D eigenvalue weighted by atomic mass is 16.5. The first-order valence-corrected chi connectivity index (χ1v) is 9.01. The number of methoxy groups -OCH3 is 1. The molecule has 0 unspecified atom stereocenters. The minimum absolute atomic E-state index is 0.0252. The SMILES string of the molecule is COc1ccc([C@](C)(O)[C@@H]2CCCN2Cc2nc(C3CC3)no2)cc1. The zero-order valence-corrected chi connectivity index (χ0v) is 14.8. The predicted octanol–water partition coefficient (Wildman–Crippen LogP) is 2.83. The van der Waals surface area contributed by atoms with Crippen LogP contribution in [0.15, 0.2) is 28.8 Å². The van der Waals surface area contributed by atoms with Crippen LogP contribution >= 0.6 is 0 Å². The molecule has 25 heavy (non-hydrogen) atoms. The van der Waals surface area contributed by atoms with Crippen molar-refractivity contribution in [2.75, 3.05) is 13.7 Å². The van der Waals surface area contributed by atoms with Crippen LogP contribution in [0.3, 0.4) is 0 Å². The quantitative estimate of drug-likeness (QED) is 0.870. The van der Waals surface area contributed by atoms with Gasteiger partial charge in [-0.2, -0.15) is 4.98 Å². The molecule has 0 spiro atoms. The van der Waals surface area contributed by atoms with Gasteiger partial charge < -0.3 is 14.4 Å². The van der Waals surface area contributed by atoms with E-state index in [9.17, 15) is 5.11 Å². The summed E-state index contributed by atoms with van der Waals surface area (Å²) in [5, 5.41) is 15.3. The van der Waals surface area contributed by atoms with Gasteiger partial charge in [0.05, 0.1) is 13.7 Å². The average Bonchev–Trinajstić information content (AvgIpc) is 3.18. The lowest BCUT2D eigenvalue weighted by molar-refractivity contribution is -0.0278. The van der Waals surface area contributed by atoms with Crippen LogP contribution in [0.1, 0.15) is 55.8 Å². The van der Waals surface area contributed by atoms with Crippen molar-refractivity contribution in [1.29, 1.82) is 0 Å². The molecule has 2 aromatic rings. The molecule has 2 aliphatic rings. The Morgan fingerprint density at radius 2 is 2.04 bits per heavy atom. The molecule has 0 bridgehead atoms. The minimum atomic E-state index is -0.942. The van der Waals surface area contributed by atoms with E-state index in [4.69, 9.17) is 9.26 Å². The second-order valence-electron chi connectivity index (χ2n) is 7.33. The van der Waals surface area contributed by atoms with Crippen molar-refractivity contribution in [3.63, 3.8) is 0 Å². The first-order valence-electron chi connectivity index (χ1n) is 9.01. The number of nitrogens with zero attached hydrogens (tertiary/aromatic N) is 3. The van der Waals surface area contributed by atoms with Crippen LogP contribution in [0.25, 0.3) is 0 Å². The first kappa shape index (κ1) is 16.5. The average molecular weight is 343 g/mol. The predicted molar refractivity (Wildman–Crippen MR) is 92.3 cm³/mol. The van der Waals surface area contributed by atoms with Crippen LogP contribution in [0, 0.1) is 0 Å². The lowest BCUT2D eigenvalue weighted by Crippen LogP contribution is -2.45. The van der Waals surface area contributed by atoms with E-state index in [0.29, 0.717) is 18.4 Å². The van der Waals surface area contributed by atoms with Crippen molar-refractivity contribution >= 4 is 0 Å². The number of likely N-dealkylation sites (tertiary alicyclic amines) is 1. The Hall–Kier alpha value is -1.92. The largest absolute Gasteiger partial charge is 0.497 e. The molecule has 1 saturated heterocycles. The van der Waals surface area contributed by atoms with Crippen LogP contribution in [0.5, 0.6) is 5.75 Å². The summed E-state index contributed by atoms with van der Waals surface area (Å²) in [6.45, 7) is 3.41. The maximum absolute atomic E-state index is 11.3. The van der Waals surface area contributed by atoms with E-state index in [-0.39, 0.29) is 6.04 Å². The number of ether oxygens (including phenoxy) is 1. The van der Waals surface area contributed by atoms with Gasteiger partial charge in [-0.3, -0.25) is 4.90 Å². The molecule has 1 saturated carbocycles. The second kappa shape index (κ2) is 6.42. The Morgan fingerprint density at radius 1 is 1.28 bits per heavy atom. The Kier molecular flexibility index (Phi) is 4.25. The van der Waals surface area contributed by atoms with Gasteiger partial charge >= 0.3 is 0 Å². The lowest BCUT2D eigenvalue weighted by Gasteiger charge is -2.36. The molecule has 6 nitrogen and oxygen atoms in total. The molecular weight excluding hydrogens is 318 g/mol. The number of hydrogen-bond acceptors (Lipinski definition) is 6. The molecule has 2 heterocycles. The van der Waals surface area contributed by atoms with Gasteiger partial charge in [0.2, 0.25) is 5.89 Å². The van der Waals surface area contributed by atoms with Gasteiger partial charge in [0.25, 0.3) is 0 Å². The Bertz CT molecular complexity index is 722. The molecule has 1 aromatic heterocycles. The molecule has 1 aromatic carbocycles. The second-order valence-corrected chi connectivity index (χ2v) is 7.33. The van der Waals surface area contributed by atoms with E-state index in [1.54, 1.807) is 7.11 Å².